The fourth-order valence-corrected chi connectivity index (χ4v) is 1.25. The van der Waals surface area contributed by atoms with E-state index in [1.54, 1.807) is 12.1 Å². The number of alkyl halides is 3. The van der Waals surface area contributed by atoms with Crippen molar-refractivity contribution < 1.29 is 17.9 Å². The molecule has 0 aromatic heterocycles. The Hall–Kier alpha value is -1.23. The lowest BCUT2D eigenvalue weighted by molar-refractivity contribution is -0.274. The molecule has 0 radical (unpaired) electrons. The van der Waals surface area contributed by atoms with Crippen LogP contribution in [0.3, 0.4) is 0 Å². The molecule has 1 atom stereocenters. The molecule has 1 rings (SSSR count). The van der Waals surface area contributed by atoms with Crippen LogP contribution >= 0.6 is 0 Å². The van der Waals surface area contributed by atoms with Gasteiger partial charge in [0.2, 0.25) is 0 Å². The second kappa shape index (κ2) is 5.21. The van der Waals surface area contributed by atoms with E-state index in [1.165, 1.54) is 12.1 Å². The van der Waals surface area contributed by atoms with Crippen LogP contribution in [0.15, 0.2) is 24.3 Å². The van der Waals surface area contributed by atoms with Crippen LogP contribution in [0, 0.1) is 0 Å². The summed E-state index contributed by atoms with van der Waals surface area (Å²) < 4.78 is 39.3. The van der Waals surface area contributed by atoms with Crippen molar-refractivity contribution in [1.82, 2.24) is 0 Å². The Labute approximate surface area is 92.2 Å². The summed E-state index contributed by atoms with van der Waals surface area (Å²) in [7, 11) is 0. The van der Waals surface area contributed by atoms with Crippen LogP contribution in [-0.4, -0.2) is 12.4 Å². The van der Waals surface area contributed by atoms with Crippen molar-refractivity contribution in [2.45, 2.75) is 32.2 Å². The number of ether oxygens (including phenoxy) is 1. The highest BCUT2D eigenvalue weighted by molar-refractivity contribution is 5.27. The molecule has 16 heavy (non-hydrogen) atoms. The summed E-state index contributed by atoms with van der Waals surface area (Å²) in [5, 5.41) is 0. The molecule has 0 fully saturated rings. The van der Waals surface area contributed by atoms with E-state index in [1.807, 2.05) is 6.92 Å². The quantitative estimate of drug-likeness (QED) is 0.867. The van der Waals surface area contributed by atoms with Gasteiger partial charge in [0.1, 0.15) is 5.75 Å². The van der Waals surface area contributed by atoms with E-state index >= 15 is 0 Å². The first-order valence-corrected chi connectivity index (χ1v) is 4.97. The third kappa shape index (κ3) is 5.02. The Morgan fingerprint density at radius 2 is 1.81 bits per heavy atom. The second-order valence-corrected chi connectivity index (χ2v) is 3.71. The molecule has 0 aliphatic carbocycles. The number of hydrogen-bond acceptors (Lipinski definition) is 2. The van der Waals surface area contributed by atoms with Gasteiger partial charge in [-0.1, -0.05) is 12.1 Å². The Bertz CT molecular complexity index is 319. The number of benzene rings is 1. The third-order valence-electron chi connectivity index (χ3n) is 2.05. The number of halogens is 3. The molecule has 0 bridgehead atoms. The lowest BCUT2D eigenvalue weighted by Gasteiger charge is -2.09. The van der Waals surface area contributed by atoms with Gasteiger partial charge in [0.05, 0.1) is 0 Å². The molecule has 0 saturated carbocycles. The van der Waals surface area contributed by atoms with Crippen molar-refractivity contribution in [3.05, 3.63) is 29.8 Å². The van der Waals surface area contributed by atoms with Gasteiger partial charge in [0.25, 0.3) is 0 Å². The molecule has 0 saturated heterocycles. The summed E-state index contributed by atoms with van der Waals surface area (Å²) in [6.45, 7) is 1.89. The molecule has 0 heterocycles. The van der Waals surface area contributed by atoms with Gasteiger partial charge in [-0.15, -0.1) is 13.2 Å². The maximum atomic E-state index is 11.9. The zero-order chi connectivity index (χ0) is 12.2. The van der Waals surface area contributed by atoms with E-state index in [4.69, 9.17) is 5.73 Å². The molecule has 2 N–H and O–H groups in total. The SMILES string of the molecule is C[C@@H](N)CCc1ccc(OC(F)(F)F)cc1. The molecular formula is C11H14F3NO. The second-order valence-electron chi connectivity index (χ2n) is 3.71. The first-order valence-electron chi connectivity index (χ1n) is 4.97. The standard InChI is InChI=1S/C11H14F3NO/c1-8(15)2-3-9-4-6-10(7-5-9)16-11(12,13)14/h4-8H,2-3,15H2,1H3/t8-/m1/s1. The Morgan fingerprint density at radius 1 is 1.25 bits per heavy atom. The Morgan fingerprint density at radius 3 is 2.25 bits per heavy atom. The molecule has 0 unspecified atom stereocenters. The molecule has 2 nitrogen and oxygen atoms in total. The maximum Gasteiger partial charge on any atom is 0.573 e. The number of nitrogens with two attached hydrogens (primary N) is 1. The molecule has 0 spiro atoms. The minimum Gasteiger partial charge on any atom is -0.406 e. The predicted octanol–water partition coefficient (Wildman–Crippen LogP) is 2.87. The van der Waals surface area contributed by atoms with Gasteiger partial charge in [-0.2, -0.15) is 0 Å². The Kier molecular flexibility index (Phi) is 4.18. The van der Waals surface area contributed by atoms with E-state index in [9.17, 15) is 13.2 Å². The van der Waals surface area contributed by atoms with Crippen LogP contribution < -0.4 is 10.5 Å². The van der Waals surface area contributed by atoms with Crippen molar-refractivity contribution in [1.29, 1.82) is 0 Å². The highest BCUT2D eigenvalue weighted by atomic mass is 19.4. The number of aryl methyl sites for hydroxylation is 1. The van der Waals surface area contributed by atoms with Gasteiger partial charge >= 0.3 is 6.36 Å². The lowest BCUT2D eigenvalue weighted by atomic mass is 10.1. The minimum absolute atomic E-state index is 0.0890. The van der Waals surface area contributed by atoms with Crippen molar-refractivity contribution >= 4 is 0 Å². The summed E-state index contributed by atoms with van der Waals surface area (Å²) in [6.07, 6.45) is -3.07. The topological polar surface area (TPSA) is 35.2 Å². The average Bonchev–Trinajstić information content (AvgIpc) is 2.14. The van der Waals surface area contributed by atoms with Crippen LogP contribution in [0.5, 0.6) is 5.75 Å². The van der Waals surface area contributed by atoms with Crippen LogP contribution in [0.25, 0.3) is 0 Å². The van der Waals surface area contributed by atoms with Crippen molar-refractivity contribution in [3.63, 3.8) is 0 Å². The molecule has 1 aromatic rings. The molecule has 90 valence electrons. The zero-order valence-electron chi connectivity index (χ0n) is 8.92. The smallest absolute Gasteiger partial charge is 0.406 e. The molecule has 5 heteroatoms. The summed E-state index contributed by atoms with van der Waals surface area (Å²) >= 11 is 0. The predicted molar refractivity (Wildman–Crippen MR) is 55.1 cm³/mol. The van der Waals surface area contributed by atoms with Crippen LogP contribution in [0.2, 0.25) is 0 Å². The molecule has 0 amide bonds. The summed E-state index contributed by atoms with van der Waals surface area (Å²) in [6, 6.07) is 5.94. The molecule has 1 aromatic carbocycles. The lowest BCUT2D eigenvalue weighted by Crippen LogP contribution is -2.17. The van der Waals surface area contributed by atoms with Crippen molar-refractivity contribution in [2.75, 3.05) is 0 Å². The van der Waals surface area contributed by atoms with Crippen LogP contribution in [0.1, 0.15) is 18.9 Å². The van der Waals surface area contributed by atoms with Gasteiger partial charge in [0.15, 0.2) is 0 Å². The van der Waals surface area contributed by atoms with Crippen LogP contribution in [0.4, 0.5) is 13.2 Å². The summed E-state index contributed by atoms with van der Waals surface area (Å²) in [5.74, 6) is -0.197. The van der Waals surface area contributed by atoms with Gasteiger partial charge < -0.3 is 10.5 Å². The van der Waals surface area contributed by atoms with E-state index < -0.39 is 6.36 Å². The van der Waals surface area contributed by atoms with Crippen LogP contribution in [-0.2, 0) is 6.42 Å². The Balaban J connectivity index is 2.54. The highest BCUT2D eigenvalue weighted by Gasteiger charge is 2.30. The van der Waals surface area contributed by atoms with Gasteiger partial charge in [-0.05, 0) is 37.5 Å². The number of rotatable bonds is 4. The summed E-state index contributed by atoms with van der Waals surface area (Å²) in [4.78, 5) is 0. The highest BCUT2D eigenvalue weighted by Crippen LogP contribution is 2.22. The largest absolute Gasteiger partial charge is 0.573 e. The van der Waals surface area contributed by atoms with Crippen molar-refractivity contribution in [2.24, 2.45) is 5.73 Å². The van der Waals surface area contributed by atoms with Gasteiger partial charge in [0, 0.05) is 6.04 Å². The first kappa shape index (κ1) is 12.8. The average molecular weight is 233 g/mol. The third-order valence-corrected chi connectivity index (χ3v) is 2.05. The summed E-state index contributed by atoms with van der Waals surface area (Å²) in [5.41, 5.74) is 6.53. The van der Waals surface area contributed by atoms with Gasteiger partial charge in [-0.25, -0.2) is 0 Å². The van der Waals surface area contributed by atoms with Gasteiger partial charge in [-0.3, -0.25) is 0 Å². The zero-order valence-corrected chi connectivity index (χ0v) is 8.92. The van der Waals surface area contributed by atoms with Crippen molar-refractivity contribution in [3.8, 4) is 5.75 Å². The van der Waals surface area contributed by atoms with E-state index in [-0.39, 0.29) is 11.8 Å². The van der Waals surface area contributed by atoms with E-state index in [2.05, 4.69) is 4.74 Å². The first-order chi connectivity index (χ1) is 7.37. The minimum atomic E-state index is -4.63. The fourth-order valence-electron chi connectivity index (χ4n) is 1.25. The normalized spacial score (nSPS) is 13.6. The fraction of sp³-hybridized carbons (Fsp3) is 0.455. The molecule has 0 aliphatic rings. The molecule has 0 aliphatic heterocycles. The monoisotopic (exact) mass is 233 g/mol. The van der Waals surface area contributed by atoms with E-state index in [0.717, 1.165) is 18.4 Å². The number of hydrogen-bond donors (Lipinski definition) is 1. The molecular weight excluding hydrogens is 219 g/mol. The van der Waals surface area contributed by atoms with E-state index in [0.29, 0.717) is 0 Å². The maximum absolute atomic E-state index is 11.9.